The predicted octanol–water partition coefficient (Wildman–Crippen LogP) is 5.48. The summed E-state index contributed by atoms with van der Waals surface area (Å²) in [6, 6.07) is 44.0. The largest absolute Gasteiger partial charge is 4.00 e. The van der Waals surface area contributed by atoms with Gasteiger partial charge in [0, 0.05) is 8.80 Å². The van der Waals surface area contributed by atoms with Crippen LogP contribution in [0, 0.1) is 12.1 Å². The van der Waals surface area contributed by atoms with E-state index in [1.165, 1.54) is 5.19 Å². The Kier molecular flexibility index (Phi) is 16.6. The molecule has 0 unspecified atom stereocenters. The molecule has 0 saturated heterocycles. The van der Waals surface area contributed by atoms with E-state index in [1.54, 1.807) is 0 Å². The van der Waals surface area contributed by atoms with Gasteiger partial charge < -0.3 is 0 Å². The van der Waals surface area contributed by atoms with Gasteiger partial charge in [-0.05, 0) is 0 Å². The first kappa shape index (κ1) is 24.1. The van der Waals surface area contributed by atoms with Crippen molar-refractivity contribution in [2.24, 2.45) is 0 Å². The van der Waals surface area contributed by atoms with Crippen LogP contribution >= 0.6 is 0 Å². The monoisotopic (exact) mass is 390 g/mol. The van der Waals surface area contributed by atoms with E-state index in [2.05, 4.69) is 37.4 Å². The number of hydrogen-bond donors (Lipinski definition) is 0. The molecule has 4 aromatic rings. The van der Waals surface area contributed by atoms with Gasteiger partial charge in [-0.25, -0.2) is 24.3 Å². The first-order valence-corrected chi connectivity index (χ1v) is 11.4. The Balaban J connectivity index is 0.000000326. The smallest absolute Gasteiger partial charge is 0.214 e. The number of benzene rings is 2. The second kappa shape index (κ2) is 17.9. The van der Waals surface area contributed by atoms with Crippen molar-refractivity contribution in [3.05, 3.63) is 127 Å². The fraction of sp³-hybridized carbons (Fsp3) is 0.0833. The molecule has 0 aliphatic heterocycles. The molecule has 0 N–H and O–H groups in total. The van der Waals surface area contributed by atoms with Gasteiger partial charge in [-0.1, -0.05) is 13.1 Å². The van der Waals surface area contributed by atoms with E-state index in [4.69, 9.17) is 0 Å². The molecule has 0 spiro atoms. The SMILES string of the molecule is C[SiH](C)c1[c-]cccc1.[Ti+4].[c-]1ccccc1.c1cc[cH-]c1.c1cc[cH-]c1. The Morgan fingerprint density at radius 1 is 0.654 bits per heavy atom. The molecular formula is C24H26SiTi. The van der Waals surface area contributed by atoms with Crippen LogP contribution in [-0.4, -0.2) is 8.80 Å². The van der Waals surface area contributed by atoms with Gasteiger partial charge in [0.1, 0.15) is 0 Å². The maximum Gasteiger partial charge on any atom is 4.00 e. The van der Waals surface area contributed by atoms with Crippen molar-refractivity contribution in [3.63, 3.8) is 0 Å². The molecule has 0 amide bonds. The van der Waals surface area contributed by atoms with E-state index < -0.39 is 8.80 Å². The van der Waals surface area contributed by atoms with Crippen LogP contribution < -0.4 is 5.19 Å². The van der Waals surface area contributed by atoms with Crippen LogP contribution in [0.4, 0.5) is 0 Å². The third kappa shape index (κ3) is 14.4. The molecule has 0 saturated carbocycles. The zero-order valence-corrected chi connectivity index (χ0v) is 18.3. The Hall–Kier alpha value is -1.93. The molecule has 2 heteroatoms. The van der Waals surface area contributed by atoms with Crippen LogP contribution in [0.15, 0.2) is 115 Å². The summed E-state index contributed by atoms with van der Waals surface area (Å²) in [5, 5.41) is 1.43. The van der Waals surface area contributed by atoms with Gasteiger partial charge in [0.2, 0.25) is 0 Å². The van der Waals surface area contributed by atoms with Crippen LogP contribution in [-0.2, 0) is 21.7 Å². The van der Waals surface area contributed by atoms with Crippen LogP contribution in [0.25, 0.3) is 0 Å². The van der Waals surface area contributed by atoms with Gasteiger partial charge in [-0.3, -0.25) is 0 Å². The third-order valence-electron chi connectivity index (χ3n) is 3.07. The quantitative estimate of drug-likeness (QED) is 0.298. The summed E-state index contributed by atoms with van der Waals surface area (Å²) in [6.45, 7) is 4.62. The molecule has 130 valence electrons. The topological polar surface area (TPSA) is 0 Å². The summed E-state index contributed by atoms with van der Waals surface area (Å²) in [5.41, 5.74) is 0. The molecule has 0 fully saturated rings. The van der Waals surface area contributed by atoms with E-state index in [9.17, 15) is 0 Å². The molecule has 0 radical (unpaired) electrons. The molecule has 0 aromatic heterocycles. The second-order valence-electron chi connectivity index (χ2n) is 5.47. The molecule has 0 bridgehead atoms. The third-order valence-corrected chi connectivity index (χ3v) is 4.68. The van der Waals surface area contributed by atoms with Crippen molar-refractivity contribution in [2.75, 3.05) is 0 Å². The summed E-state index contributed by atoms with van der Waals surface area (Å²) in [4.78, 5) is 0. The van der Waals surface area contributed by atoms with E-state index in [-0.39, 0.29) is 21.7 Å². The first-order valence-electron chi connectivity index (χ1n) is 8.51. The minimum absolute atomic E-state index is 0. The Bertz CT molecular complexity index is 584. The van der Waals surface area contributed by atoms with Gasteiger partial charge in [0.15, 0.2) is 0 Å². The van der Waals surface area contributed by atoms with Gasteiger partial charge in [-0.2, -0.15) is 108 Å². The second-order valence-corrected chi connectivity index (χ2v) is 8.41. The maximum atomic E-state index is 3.23. The van der Waals surface area contributed by atoms with Gasteiger partial charge >= 0.3 is 21.7 Å². The average molecular weight is 390 g/mol. The number of hydrogen-bond acceptors (Lipinski definition) is 0. The maximum absolute atomic E-state index is 3.23. The average Bonchev–Trinajstić information content (AvgIpc) is 3.43. The minimum atomic E-state index is -0.584. The standard InChI is InChI=1S/C8H11Si.C6H5.2C5H5.Ti/c1-9(2)8-6-4-3-5-7-8;1-2-4-6-5-3-1;2*1-2-4-5-3-1;/h3-6,9H,1-2H3;1-5H;2*1-5H;/q4*-1;+4. The normalized spacial score (nSPS) is 8.42. The van der Waals surface area contributed by atoms with Crippen molar-refractivity contribution in [2.45, 2.75) is 13.1 Å². The van der Waals surface area contributed by atoms with Crippen LogP contribution in [0.3, 0.4) is 0 Å². The van der Waals surface area contributed by atoms with Crippen molar-refractivity contribution >= 4 is 14.0 Å². The van der Waals surface area contributed by atoms with Gasteiger partial charge in [0.25, 0.3) is 0 Å². The molecule has 4 aromatic carbocycles. The summed E-state index contributed by atoms with van der Waals surface area (Å²) in [5.74, 6) is 0. The van der Waals surface area contributed by atoms with E-state index in [0.29, 0.717) is 0 Å². The van der Waals surface area contributed by atoms with Crippen LogP contribution in [0.1, 0.15) is 0 Å². The fourth-order valence-electron chi connectivity index (χ4n) is 1.75. The molecule has 26 heavy (non-hydrogen) atoms. The van der Waals surface area contributed by atoms with Crippen molar-refractivity contribution < 1.29 is 21.7 Å². The molecule has 0 aliphatic carbocycles. The summed E-state index contributed by atoms with van der Waals surface area (Å²) in [7, 11) is -0.584. The summed E-state index contributed by atoms with van der Waals surface area (Å²) < 4.78 is 0. The van der Waals surface area contributed by atoms with Gasteiger partial charge in [0.05, 0.1) is 0 Å². The van der Waals surface area contributed by atoms with Crippen LogP contribution in [0.2, 0.25) is 13.1 Å². The Labute approximate surface area is 175 Å². The zero-order valence-electron chi connectivity index (χ0n) is 15.5. The molecular weight excluding hydrogens is 364 g/mol. The van der Waals surface area contributed by atoms with E-state index >= 15 is 0 Å². The summed E-state index contributed by atoms with van der Waals surface area (Å²) in [6.07, 6.45) is 0. The minimum Gasteiger partial charge on any atom is -0.214 e. The zero-order chi connectivity index (χ0) is 18.0. The van der Waals surface area contributed by atoms with E-state index in [1.807, 2.05) is 103 Å². The number of rotatable bonds is 1. The summed E-state index contributed by atoms with van der Waals surface area (Å²) >= 11 is 0. The fourth-order valence-corrected chi connectivity index (χ4v) is 2.68. The van der Waals surface area contributed by atoms with Crippen molar-refractivity contribution in [1.29, 1.82) is 0 Å². The van der Waals surface area contributed by atoms with E-state index in [0.717, 1.165) is 0 Å². The molecule has 0 aliphatic rings. The van der Waals surface area contributed by atoms with Crippen LogP contribution in [0.5, 0.6) is 0 Å². The molecule has 0 atom stereocenters. The van der Waals surface area contributed by atoms with Gasteiger partial charge in [-0.15, -0.1) is 0 Å². The first-order chi connectivity index (χ1) is 12.3. The van der Waals surface area contributed by atoms with Crippen molar-refractivity contribution in [1.82, 2.24) is 0 Å². The Morgan fingerprint density at radius 2 is 1.15 bits per heavy atom. The Morgan fingerprint density at radius 3 is 1.35 bits per heavy atom. The van der Waals surface area contributed by atoms with Crippen molar-refractivity contribution in [3.8, 4) is 0 Å². The molecule has 4 rings (SSSR count). The molecule has 0 nitrogen and oxygen atoms in total. The molecule has 0 heterocycles. The predicted molar refractivity (Wildman–Crippen MR) is 113 cm³/mol.